The smallest absolute Gasteiger partial charge is 0.136 e. The van der Waals surface area contributed by atoms with E-state index in [0.29, 0.717) is 11.8 Å². The molecule has 1 unspecified atom stereocenters. The molecule has 1 atom stereocenters. The van der Waals surface area contributed by atoms with Gasteiger partial charge in [0.25, 0.3) is 0 Å². The van der Waals surface area contributed by atoms with Gasteiger partial charge in [-0.25, -0.2) is 9.97 Å². The first-order chi connectivity index (χ1) is 10.3. The predicted molar refractivity (Wildman–Crippen MR) is 85.0 cm³/mol. The van der Waals surface area contributed by atoms with Crippen molar-refractivity contribution in [1.82, 2.24) is 9.97 Å². The second-order valence-corrected chi connectivity index (χ2v) is 6.18. The zero-order chi connectivity index (χ0) is 14.7. The Kier molecular flexibility index (Phi) is 4.58. The molecule has 5 nitrogen and oxygen atoms in total. The maximum absolute atomic E-state index is 5.33. The summed E-state index contributed by atoms with van der Waals surface area (Å²) in [6.45, 7) is 5.98. The molecule has 0 spiro atoms. The quantitative estimate of drug-likeness (QED) is 0.873. The Balaban J connectivity index is 1.79. The number of nitrogens with zero attached hydrogens (tertiary/aromatic N) is 3. The molecule has 0 amide bonds. The highest BCUT2D eigenvalue weighted by atomic mass is 16.5. The topological polar surface area (TPSA) is 50.3 Å². The molecule has 1 aliphatic heterocycles. The molecular formula is C16H26N4O. The minimum absolute atomic E-state index is 0.585. The fourth-order valence-corrected chi connectivity index (χ4v) is 3.06. The lowest BCUT2D eigenvalue weighted by Gasteiger charge is -2.33. The highest BCUT2D eigenvalue weighted by molar-refractivity contribution is 5.50. The SMILES string of the molecule is CCNc1cc(N2CCCC(COC)C2)nc(C2CC2)n1. The van der Waals surface area contributed by atoms with E-state index in [4.69, 9.17) is 9.72 Å². The third kappa shape index (κ3) is 3.64. The monoisotopic (exact) mass is 290 g/mol. The number of methoxy groups -OCH3 is 1. The van der Waals surface area contributed by atoms with Gasteiger partial charge in [-0.3, -0.25) is 0 Å². The van der Waals surface area contributed by atoms with E-state index in [2.05, 4.69) is 28.2 Å². The molecule has 2 heterocycles. The van der Waals surface area contributed by atoms with E-state index >= 15 is 0 Å². The van der Waals surface area contributed by atoms with Gasteiger partial charge in [0.1, 0.15) is 17.5 Å². The van der Waals surface area contributed by atoms with Gasteiger partial charge < -0.3 is 15.0 Å². The fraction of sp³-hybridized carbons (Fsp3) is 0.750. The van der Waals surface area contributed by atoms with Crippen molar-refractivity contribution in [1.29, 1.82) is 0 Å². The second-order valence-electron chi connectivity index (χ2n) is 6.18. The van der Waals surface area contributed by atoms with Gasteiger partial charge in [-0.05, 0) is 38.5 Å². The maximum atomic E-state index is 5.33. The number of ether oxygens (including phenoxy) is 1. The summed E-state index contributed by atoms with van der Waals surface area (Å²) in [5, 5.41) is 3.34. The van der Waals surface area contributed by atoms with Crippen LogP contribution in [0, 0.1) is 5.92 Å². The van der Waals surface area contributed by atoms with Gasteiger partial charge in [0.2, 0.25) is 0 Å². The molecule has 5 heteroatoms. The van der Waals surface area contributed by atoms with Crippen LogP contribution in [0.2, 0.25) is 0 Å². The number of anilines is 2. The van der Waals surface area contributed by atoms with Gasteiger partial charge in [0, 0.05) is 38.7 Å². The van der Waals surface area contributed by atoms with Gasteiger partial charge in [0.15, 0.2) is 0 Å². The van der Waals surface area contributed by atoms with Crippen LogP contribution >= 0.6 is 0 Å². The van der Waals surface area contributed by atoms with E-state index in [1.807, 2.05) is 0 Å². The largest absolute Gasteiger partial charge is 0.384 e. The van der Waals surface area contributed by atoms with Crippen molar-refractivity contribution >= 4 is 11.6 Å². The summed E-state index contributed by atoms with van der Waals surface area (Å²) < 4.78 is 5.33. The van der Waals surface area contributed by atoms with Crippen LogP contribution in [0.15, 0.2) is 6.07 Å². The fourth-order valence-electron chi connectivity index (χ4n) is 3.06. The minimum atomic E-state index is 0.585. The molecule has 1 aliphatic carbocycles. The molecule has 2 aliphatic rings. The van der Waals surface area contributed by atoms with Crippen LogP contribution in [-0.4, -0.2) is 43.3 Å². The number of nitrogens with one attached hydrogen (secondary N) is 1. The Bertz CT molecular complexity index is 473. The molecular weight excluding hydrogens is 264 g/mol. The molecule has 1 aromatic rings. The van der Waals surface area contributed by atoms with Crippen LogP contribution < -0.4 is 10.2 Å². The molecule has 1 saturated carbocycles. The molecule has 1 aromatic heterocycles. The summed E-state index contributed by atoms with van der Waals surface area (Å²) in [6, 6.07) is 2.10. The van der Waals surface area contributed by atoms with Crippen molar-refractivity contribution in [2.24, 2.45) is 5.92 Å². The average molecular weight is 290 g/mol. The zero-order valence-electron chi connectivity index (χ0n) is 13.1. The van der Waals surface area contributed by atoms with Crippen LogP contribution in [0.5, 0.6) is 0 Å². The number of hydrogen-bond donors (Lipinski definition) is 1. The molecule has 0 radical (unpaired) electrons. The Labute approximate surface area is 127 Å². The number of rotatable bonds is 6. The zero-order valence-corrected chi connectivity index (χ0v) is 13.1. The van der Waals surface area contributed by atoms with Crippen molar-refractivity contribution in [3.05, 3.63) is 11.9 Å². The Hall–Kier alpha value is -1.36. The van der Waals surface area contributed by atoms with Crippen LogP contribution in [0.25, 0.3) is 0 Å². The minimum Gasteiger partial charge on any atom is -0.384 e. The molecule has 116 valence electrons. The van der Waals surface area contributed by atoms with E-state index in [0.717, 1.165) is 43.7 Å². The van der Waals surface area contributed by atoms with Gasteiger partial charge in [-0.15, -0.1) is 0 Å². The molecule has 1 N–H and O–H groups in total. The van der Waals surface area contributed by atoms with E-state index in [-0.39, 0.29) is 0 Å². The summed E-state index contributed by atoms with van der Waals surface area (Å²) in [5.41, 5.74) is 0. The van der Waals surface area contributed by atoms with Gasteiger partial charge >= 0.3 is 0 Å². The Morgan fingerprint density at radius 3 is 2.90 bits per heavy atom. The number of aromatic nitrogens is 2. The van der Waals surface area contributed by atoms with Gasteiger partial charge in [0.05, 0.1) is 6.61 Å². The third-order valence-corrected chi connectivity index (χ3v) is 4.28. The van der Waals surface area contributed by atoms with E-state index in [1.165, 1.54) is 25.7 Å². The highest BCUT2D eigenvalue weighted by Gasteiger charge is 2.29. The van der Waals surface area contributed by atoms with Crippen LogP contribution in [-0.2, 0) is 4.74 Å². The standard InChI is InChI=1S/C16H26N4O/c1-3-17-14-9-15(19-16(18-14)13-6-7-13)20-8-4-5-12(10-20)11-21-2/h9,12-13H,3-8,10-11H2,1-2H3,(H,17,18,19). The first kappa shape index (κ1) is 14.6. The van der Waals surface area contributed by atoms with Crippen molar-refractivity contribution in [3.8, 4) is 0 Å². The Morgan fingerprint density at radius 1 is 1.33 bits per heavy atom. The first-order valence-electron chi connectivity index (χ1n) is 8.17. The van der Waals surface area contributed by atoms with Crippen molar-refractivity contribution < 1.29 is 4.74 Å². The number of hydrogen-bond acceptors (Lipinski definition) is 5. The van der Waals surface area contributed by atoms with E-state index in [9.17, 15) is 0 Å². The molecule has 0 bridgehead atoms. The molecule has 21 heavy (non-hydrogen) atoms. The normalized spacial score (nSPS) is 22.4. The van der Waals surface area contributed by atoms with Crippen LogP contribution in [0.1, 0.15) is 44.3 Å². The van der Waals surface area contributed by atoms with Crippen LogP contribution in [0.4, 0.5) is 11.6 Å². The van der Waals surface area contributed by atoms with Gasteiger partial charge in [-0.2, -0.15) is 0 Å². The summed E-state index contributed by atoms with van der Waals surface area (Å²) >= 11 is 0. The van der Waals surface area contributed by atoms with Gasteiger partial charge in [-0.1, -0.05) is 0 Å². The average Bonchev–Trinajstić information content (AvgIpc) is 3.33. The lowest BCUT2D eigenvalue weighted by atomic mass is 9.99. The summed E-state index contributed by atoms with van der Waals surface area (Å²) in [5.74, 6) is 4.28. The van der Waals surface area contributed by atoms with E-state index < -0.39 is 0 Å². The lowest BCUT2D eigenvalue weighted by molar-refractivity contribution is 0.143. The maximum Gasteiger partial charge on any atom is 0.136 e. The second kappa shape index (κ2) is 6.60. The van der Waals surface area contributed by atoms with Crippen molar-refractivity contribution in [3.63, 3.8) is 0 Å². The molecule has 2 fully saturated rings. The van der Waals surface area contributed by atoms with E-state index in [1.54, 1.807) is 7.11 Å². The van der Waals surface area contributed by atoms with Crippen molar-refractivity contribution in [2.75, 3.05) is 43.6 Å². The highest BCUT2D eigenvalue weighted by Crippen LogP contribution is 2.39. The summed E-state index contributed by atoms with van der Waals surface area (Å²) in [7, 11) is 1.79. The Morgan fingerprint density at radius 2 is 2.19 bits per heavy atom. The predicted octanol–water partition coefficient (Wildman–Crippen LogP) is 2.65. The van der Waals surface area contributed by atoms with Crippen molar-refractivity contribution in [2.45, 2.75) is 38.5 Å². The first-order valence-corrected chi connectivity index (χ1v) is 8.17. The molecule has 3 rings (SSSR count). The summed E-state index contributed by atoms with van der Waals surface area (Å²) in [4.78, 5) is 11.9. The third-order valence-electron chi connectivity index (χ3n) is 4.28. The number of piperidine rings is 1. The summed E-state index contributed by atoms with van der Waals surface area (Å²) in [6.07, 6.45) is 4.95. The molecule has 0 aromatic carbocycles. The lowest BCUT2D eigenvalue weighted by Crippen LogP contribution is -2.37. The molecule has 1 saturated heterocycles. The van der Waals surface area contributed by atoms with Crippen LogP contribution in [0.3, 0.4) is 0 Å².